The number of aliphatic hydroxyl groups is 3. The van der Waals surface area contributed by atoms with Crippen molar-refractivity contribution in [1.82, 2.24) is 0 Å². The number of carbonyl (C=O) groups excluding carboxylic acids is 2. The van der Waals surface area contributed by atoms with Gasteiger partial charge in [0, 0.05) is 12.8 Å². The van der Waals surface area contributed by atoms with Crippen LogP contribution >= 0.6 is 15.6 Å². The molecular formula is C40H78O15P2. The van der Waals surface area contributed by atoms with Crippen LogP contribution in [0.4, 0.5) is 0 Å². The smallest absolute Gasteiger partial charge is 0.462 e. The zero-order valence-electron chi connectivity index (χ0n) is 34.9. The van der Waals surface area contributed by atoms with E-state index >= 15 is 0 Å². The number of phosphoric acid groups is 2. The van der Waals surface area contributed by atoms with Crippen LogP contribution in [-0.2, 0) is 41.8 Å². The molecule has 6 N–H and O–H groups in total. The first-order chi connectivity index (χ1) is 27.2. The number of allylic oxidation sites excluding steroid dienone is 1. The molecule has 0 aromatic carbocycles. The predicted molar refractivity (Wildman–Crippen MR) is 219 cm³/mol. The molecule has 0 rings (SSSR count). The summed E-state index contributed by atoms with van der Waals surface area (Å²) in [6.07, 6.45) is 23.7. The van der Waals surface area contributed by atoms with E-state index in [2.05, 4.69) is 29.0 Å². The van der Waals surface area contributed by atoms with Crippen molar-refractivity contribution in [2.24, 2.45) is 0 Å². The van der Waals surface area contributed by atoms with Crippen LogP contribution in [0.3, 0.4) is 0 Å². The van der Waals surface area contributed by atoms with Crippen LogP contribution in [0, 0.1) is 0 Å². The zero-order chi connectivity index (χ0) is 42.6. The van der Waals surface area contributed by atoms with Gasteiger partial charge in [0.05, 0.1) is 32.0 Å². The molecule has 0 aromatic rings. The van der Waals surface area contributed by atoms with Crippen LogP contribution in [0.5, 0.6) is 0 Å². The average Bonchev–Trinajstić information content (AvgIpc) is 3.16. The molecule has 0 saturated heterocycles. The molecule has 0 fully saturated rings. The largest absolute Gasteiger partial charge is 0.472 e. The molecule has 0 spiro atoms. The Morgan fingerprint density at radius 3 is 1.58 bits per heavy atom. The van der Waals surface area contributed by atoms with Crippen molar-refractivity contribution in [1.29, 1.82) is 0 Å². The number of aliphatic hydroxyl groups excluding tert-OH is 3. The Kier molecular flexibility index (Phi) is 35.8. The SMILES string of the molecule is CCCCC/C=C\C[C@@H](O)[C@H](O)CCCCCCCC(=O)OC[C@H](COP(=O)(O)OC[C@@H](O)COP(=O)(O)O)OC(=O)CCCCCCCCCCCCCCC. The van der Waals surface area contributed by atoms with E-state index in [4.69, 9.17) is 23.8 Å². The second-order valence-electron chi connectivity index (χ2n) is 14.9. The monoisotopic (exact) mass is 860 g/mol. The lowest BCUT2D eigenvalue weighted by Gasteiger charge is -2.20. The van der Waals surface area contributed by atoms with E-state index in [0.717, 1.165) is 70.6 Å². The van der Waals surface area contributed by atoms with Gasteiger partial charge in [-0.3, -0.25) is 23.2 Å². The Hall–Kier alpha value is -1.22. The molecule has 0 heterocycles. The summed E-state index contributed by atoms with van der Waals surface area (Å²) < 4.78 is 47.6. The summed E-state index contributed by atoms with van der Waals surface area (Å²) >= 11 is 0. The lowest BCUT2D eigenvalue weighted by Crippen LogP contribution is -2.30. The molecule has 15 nitrogen and oxygen atoms in total. The highest BCUT2D eigenvalue weighted by Crippen LogP contribution is 2.43. The molecule has 338 valence electrons. The fourth-order valence-electron chi connectivity index (χ4n) is 5.90. The summed E-state index contributed by atoms with van der Waals surface area (Å²) in [6, 6.07) is 0. The fourth-order valence-corrected chi connectivity index (χ4v) is 7.06. The third kappa shape index (κ3) is 38.7. The summed E-state index contributed by atoms with van der Waals surface area (Å²) in [5.74, 6) is -1.14. The Morgan fingerprint density at radius 2 is 1.02 bits per heavy atom. The first-order valence-corrected chi connectivity index (χ1v) is 24.6. The highest BCUT2D eigenvalue weighted by Gasteiger charge is 2.28. The number of unbranched alkanes of at least 4 members (excludes halogenated alkanes) is 19. The van der Waals surface area contributed by atoms with Crippen LogP contribution < -0.4 is 0 Å². The maximum absolute atomic E-state index is 12.6. The summed E-state index contributed by atoms with van der Waals surface area (Å²) in [5.41, 5.74) is 0. The van der Waals surface area contributed by atoms with E-state index in [9.17, 15) is 38.9 Å². The van der Waals surface area contributed by atoms with Gasteiger partial charge in [-0.2, -0.15) is 0 Å². The van der Waals surface area contributed by atoms with E-state index < -0.39 is 78.4 Å². The van der Waals surface area contributed by atoms with Crippen molar-refractivity contribution >= 4 is 27.6 Å². The number of rotatable bonds is 41. The maximum Gasteiger partial charge on any atom is 0.472 e. The molecule has 5 atom stereocenters. The molecule has 0 bridgehead atoms. The van der Waals surface area contributed by atoms with Gasteiger partial charge in [0.1, 0.15) is 12.7 Å². The van der Waals surface area contributed by atoms with Crippen molar-refractivity contribution in [3.63, 3.8) is 0 Å². The number of esters is 2. The van der Waals surface area contributed by atoms with E-state index in [1.807, 2.05) is 6.08 Å². The normalized spacial score (nSPS) is 15.3. The quantitative estimate of drug-likeness (QED) is 0.0146. The molecule has 0 aliphatic carbocycles. The molecule has 0 saturated carbocycles. The number of phosphoric ester groups is 2. The highest BCUT2D eigenvalue weighted by molar-refractivity contribution is 7.47. The molecule has 0 aliphatic rings. The number of hydrogen-bond donors (Lipinski definition) is 6. The third-order valence-corrected chi connectivity index (χ3v) is 10.8. The molecule has 1 unspecified atom stereocenters. The lowest BCUT2D eigenvalue weighted by molar-refractivity contribution is -0.161. The van der Waals surface area contributed by atoms with Crippen molar-refractivity contribution in [2.45, 2.75) is 205 Å². The van der Waals surface area contributed by atoms with Gasteiger partial charge in [-0.15, -0.1) is 0 Å². The molecule has 0 radical (unpaired) electrons. The van der Waals surface area contributed by atoms with Gasteiger partial charge in [-0.25, -0.2) is 9.13 Å². The summed E-state index contributed by atoms with van der Waals surface area (Å²) in [5, 5.41) is 30.1. The van der Waals surface area contributed by atoms with Gasteiger partial charge in [0.2, 0.25) is 0 Å². The summed E-state index contributed by atoms with van der Waals surface area (Å²) in [6.45, 7) is 1.54. The Balaban J connectivity index is 4.61. The minimum absolute atomic E-state index is 0.0998. The lowest BCUT2D eigenvalue weighted by atomic mass is 10.0. The van der Waals surface area contributed by atoms with E-state index in [0.29, 0.717) is 25.7 Å². The molecular weight excluding hydrogens is 782 g/mol. The van der Waals surface area contributed by atoms with Crippen LogP contribution in [0.25, 0.3) is 0 Å². The first-order valence-electron chi connectivity index (χ1n) is 21.5. The van der Waals surface area contributed by atoms with Gasteiger partial charge in [-0.05, 0) is 38.5 Å². The van der Waals surface area contributed by atoms with Crippen LogP contribution in [0.1, 0.15) is 181 Å². The van der Waals surface area contributed by atoms with Gasteiger partial charge >= 0.3 is 27.6 Å². The second-order valence-corrected chi connectivity index (χ2v) is 17.6. The Morgan fingerprint density at radius 1 is 0.544 bits per heavy atom. The first kappa shape index (κ1) is 55.8. The van der Waals surface area contributed by atoms with Crippen LogP contribution in [-0.4, -0.2) is 92.8 Å². The van der Waals surface area contributed by atoms with Gasteiger partial charge < -0.3 is 39.5 Å². The summed E-state index contributed by atoms with van der Waals surface area (Å²) in [7, 11) is -9.71. The Labute approximate surface area is 342 Å². The maximum atomic E-state index is 12.6. The van der Waals surface area contributed by atoms with Gasteiger partial charge in [0.25, 0.3) is 0 Å². The van der Waals surface area contributed by atoms with E-state index in [1.165, 1.54) is 57.8 Å². The van der Waals surface area contributed by atoms with Gasteiger partial charge in [-0.1, -0.05) is 142 Å². The second kappa shape index (κ2) is 36.6. The molecule has 17 heteroatoms. The van der Waals surface area contributed by atoms with Crippen molar-refractivity contribution in [3.05, 3.63) is 12.2 Å². The van der Waals surface area contributed by atoms with Crippen molar-refractivity contribution in [2.75, 3.05) is 26.4 Å². The molecule has 0 aliphatic heterocycles. The topological polar surface area (TPSA) is 236 Å². The molecule has 57 heavy (non-hydrogen) atoms. The minimum atomic E-state index is -4.88. The minimum Gasteiger partial charge on any atom is -0.462 e. The number of ether oxygens (including phenoxy) is 2. The van der Waals surface area contributed by atoms with Gasteiger partial charge in [0.15, 0.2) is 6.10 Å². The average molecular weight is 861 g/mol. The van der Waals surface area contributed by atoms with Crippen LogP contribution in [0.2, 0.25) is 0 Å². The number of hydrogen-bond acceptors (Lipinski definition) is 12. The fraction of sp³-hybridized carbons (Fsp3) is 0.900. The third-order valence-electron chi connectivity index (χ3n) is 9.35. The van der Waals surface area contributed by atoms with E-state index in [1.54, 1.807) is 0 Å². The molecule has 0 amide bonds. The number of carbonyl (C=O) groups is 2. The van der Waals surface area contributed by atoms with Crippen molar-refractivity contribution < 1.29 is 71.8 Å². The Bertz CT molecular complexity index is 1100. The predicted octanol–water partition coefficient (Wildman–Crippen LogP) is 8.51. The molecule has 0 aromatic heterocycles. The van der Waals surface area contributed by atoms with Crippen LogP contribution in [0.15, 0.2) is 12.2 Å². The van der Waals surface area contributed by atoms with E-state index in [-0.39, 0.29) is 12.8 Å². The zero-order valence-corrected chi connectivity index (χ0v) is 36.7. The highest BCUT2D eigenvalue weighted by atomic mass is 31.2. The summed E-state index contributed by atoms with van der Waals surface area (Å²) in [4.78, 5) is 52.6. The van der Waals surface area contributed by atoms with Crippen molar-refractivity contribution in [3.8, 4) is 0 Å². The standard InChI is InChI=1S/C40H78O15P2/c1-3-5-7-9-11-12-13-14-15-16-17-21-26-30-40(45)55-36(34-54-57(49,50)53-32-35(41)31-52-56(46,47)48)33-51-39(44)29-25-22-18-20-24-28-38(43)37(42)27-23-19-10-8-6-4-2/h19,23,35-38,41-43H,3-18,20-22,24-34H2,1-2H3,(H,49,50)(H2,46,47,48)/b23-19-/t35-,36+,37+,38+/m0/s1.